The van der Waals surface area contributed by atoms with Crippen LogP contribution in [-0.4, -0.2) is 46.2 Å². The number of esters is 1. The van der Waals surface area contributed by atoms with E-state index in [1.165, 1.54) is 19.2 Å². The van der Waals surface area contributed by atoms with Gasteiger partial charge in [-0.1, -0.05) is 13.8 Å². The molecular weight excluding hydrogens is 454 g/mol. The number of fused-ring (bicyclic) bond motifs is 1. The fraction of sp³-hybridized carbons (Fsp3) is 0.400. The molecule has 3 rings (SSSR count). The third-order valence-electron chi connectivity index (χ3n) is 5.52. The lowest BCUT2D eigenvalue weighted by Gasteiger charge is -2.27. The number of rotatable bonds is 11. The monoisotopic (exact) mass is 487 g/mol. The van der Waals surface area contributed by atoms with E-state index >= 15 is 0 Å². The summed E-state index contributed by atoms with van der Waals surface area (Å²) in [4.78, 5) is 18.1. The minimum atomic E-state index is -3.86. The number of nitrogens with zero attached hydrogens (tertiary/aromatic N) is 1. The molecule has 0 radical (unpaired) electrons. The largest absolute Gasteiger partial charge is 0.497 e. The van der Waals surface area contributed by atoms with E-state index in [2.05, 4.69) is 28.5 Å². The van der Waals surface area contributed by atoms with Crippen molar-refractivity contribution in [2.75, 3.05) is 36.4 Å². The SMILES string of the molecule is CCCN(CCC)c1cc2c(C(=O)OCC)c(C)[nH]c2cc1NS(=O)(=O)c1ccc(OC)cc1. The first-order valence-corrected chi connectivity index (χ1v) is 13.0. The van der Waals surface area contributed by atoms with Crippen molar-refractivity contribution in [2.45, 2.75) is 45.4 Å². The summed E-state index contributed by atoms with van der Waals surface area (Å²) in [6, 6.07) is 9.86. The number of methoxy groups -OCH3 is 1. The van der Waals surface area contributed by atoms with Gasteiger partial charge in [0.25, 0.3) is 10.0 Å². The van der Waals surface area contributed by atoms with Gasteiger partial charge in [-0.05, 0) is 63.1 Å². The van der Waals surface area contributed by atoms with Gasteiger partial charge in [-0.2, -0.15) is 0 Å². The number of sulfonamides is 1. The maximum atomic E-state index is 13.2. The van der Waals surface area contributed by atoms with Crippen LogP contribution in [0.25, 0.3) is 10.9 Å². The second-order valence-electron chi connectivity index (χ2n) is 8.03. The van der Waals surface area contributed by atoms with Crippen LogP contribution < -0.4 is 14.4 Å². The summed E-state index contributed by atoms with van der Waals surface area (Å²) in [7, 11) is -2.33. The molecule has 3 aromatic rings. The summed E-state index contributed by atoms with van der Waals surface area (Å²) in [5, 5.41) is 0.704. The second kappa shape index (κ2) is 10.8. The van der Waals surface area contributed by atoms with E-state index in [1.54, 1.807) is 25.1 Å². The average molecular weight is 488 g/mol. The Morgan fingerprint density at radius 2 is 1.71 bits per heavy atom. The molecule has 0 unspecified atom stereocenters. The van der Waals surface area contributed by atoms with Crippen molar-refractivity contribution in [2.24, 2.45) is 0 Å². The van der Waals surface area contributed by atoms with Gasteiger partial charge >= 0.3 is 5.97 Å². The average Bonchev–Trinajstić information content (AvgIpc) is 3.13. The molecular formula is C25H33N3O5S. The van der Waals surface area contributed by atoms with Crippen molar-refractivity contribution >= 4 is 38.3 Å². The van der Waals surface area contributed by atoms with E-state index in [0.29, 0.717) is 33.6 Å². The predicted octanol–water partition coefficient (Wildman–Crippen LogP) is 5.09. The summed E-state index contributed by atoms with van der Waals surface area (Å²) in [6.07, 6.45) is 1.78. The van der Waals surface area contributed by atoms with Crippen LogP contribution in [0, 0.1) is 6.92 Å². The molecule has 0 fully saturated rings. The molecule has 0 saturated carbocycles. The number of aromatic amines is 1. The summed E-state index contributed by atoms with van der Waals surface area (Å²) >= 11 is 0. The number of carbonyl (C=O) groups excluding carboxylic acids is 1. The van der Waals surface area contributed by atoms with Crippen molar-refractivity contribution in [3.63, 3.8) is 0 Å². The fourth-order valence-corrected chi connectivity index (χ4v) is 5.09. The van der Waals surface area contributed by atoms with Gasteiger partial charge in [-0.15, -0.1) is 0 Å². The molecule has 2 N–H and O–H groups in total. The van der Waals surface area contributed by atoms with Crippen LogP contribution in [-0.2, 0) is 14.8 Å². The Morgan fingerprint density at radius 3 is 2.26 bits per heavy atom. The van der Waals surface area contributed by atoms with Gasteiger partial charge in [0, 0.05) is 29.7 Å². The number of nitrogens with one attached hydrogen (secondary N) is 2. The molecule has 34 heavy (non-hydrogen) atoms. The quantitative estimate of drug-likeness (QED) is 0.366. The molecule has 0 bridgehead atoms. The van der Waals surface area contributed by atoms with Gasteiger partial charge in [0.2, 0.25) is 0 Å². The number of hydrogen-bond donors (Lipinski definition) is 2. The highest BCUT2D eigenvalue weighted by atomic mass is 32.2. The molecule has 0 atom stereocenters. The molecule has 0 aliphatic rings. The number of ether oxygens (including phenoxy) is 2. The molecule has 1 aromatic heterocycles. The normalized spacial score (nSPS) is 11.4. The summed E-state index contributed by atoms with van der Waals surface area (Å²) in [5.74, 6) is 0.174. The Balaban J connectivity index is 2.16. The number of benzene rings is 2. The predicted molar refractivity (Wildman–Crippen MR) is 136 cm³/mol. The van der Waals surface area contributed by atoms with Crippen molar-refractivity contribution in [3.05, 3.63) is 47.7 Å². The van der Waals surface area contributed by atoms with E-state index in [4.69, 9.17) is 9.47 Å². The van der Waals surface area contributed by atoms with Crippen molar-refractivity contribution < 1.29 is 22.7 Å². The van der Waals surface area contributed by atoms with Crippen LogP contribution in [0.3, 0.4) is 0 Å². The Labute approximate surface area is 201 Å². The molecule has 0 amide bonds. The van der Waals surface area contributed by atoms with E-state index in [-0.39, 0.29) is 11.5 Å². The molecule has 0 saturated heterocycles. The highest BCUT2D eigenvalue weighted by Crippen LogP contribution is 2.36. The lowest BCUT2D eigenvalue weighted by Crippen LogP contribution is -2.26. The molecule has 184 valence electrons. The number of carbonyl (C=O) groups is 1. The van der Waals surface area contributed by atoms with Crippen LogP contribution in [0.2, 0.25) is 0 Å². The number of hydrogen-bond acceptors (Lipinski definition) is 6. The molecule has 9 heteroatoms. The van der Waals surface area contributed by atoms with Gasteiger partial charge < -0.3 is 19.4 Å². The van der Waals surface area contributed by atoms with E-state index in [0.717, 1.165) is 31.6 Å². The Bertz CT molecular complexity index is 1240. The van der Waals surface area contributed by atoms with Crippen LogP contribution >= 0.6 is 0 Å². The Kier molecular flexibility index (Phi) is 8.09. The standard InChI is InChI=1S/C25H33N3O5S/c1-6-13-28(14-7-2)23-15-20-21(26-17(4)24(20)25(29)33-8-3)16-22(23)27-34(30,31)19-11-9-18(32-5)10-12-19/h9-12,15-16,26-27H,6-8,13-14H2,1-5H3. The smallest absolute Gasteiger partial charge is 0.340 e. The van der Waals surface area contributed by atoms with Crippen molar-refractivity contribution in [3.8, 4) is 5.75 Å². The summed E-state index contributed by atoms with van der Waals surface area (Å²) in [6.45, 7) is 9.49. The van der Waals surface area contributed by atoms with Gasteiger partial charge in [-0.3, -0.25) is 4.72 Å². The highest BCUT2D eigenvalue weighted by molar-refractivity contribution is 7.92. The summed E-state index contributed by atoms with van der Waals surface area (Å²) in [5.41, 5.74) is 2.96. The number of aromatic nitrogens is 1. The van der Waals surface area contributed by atoms with E-state index in [9.17, 15) is 13.2 Å². The van der Waals surface area contributed by atoms with Crippen LogP contribution in [0.15, 0.2) is 41.3 Å². The molecule has 8 nitrogen and oxygen atoms in total. The molecule has 1 heterocycles. The first kappa shape index (κ1) is 25.4. The van der Waals surface area contributed by atoms with Gasteiger partial charge in [0.1, 0.15) is 5.75 Å². The second-order valence-corrected chi connectivity index (χ2v) is 9.71. The van der Waals surface area contributed by atoms with Crippen LogP contribution in [0.4, 0.5) is 11.4 Å². The van der Waals surface area contributed by atoms with Gasteiger partial charge in [0.15, 0.2) is 0 Å². The molecule has 0 spiro atoms. The number of anilines is 2. The minimum Gasteiger partial charge on any atom is -0.497 e. The zero-order valence-corrected chi connectivity index (χ0v) is 21.2. The zero-order chi connectivity index (χ0) is 24.9. The lowest BCUT2D eigenvalue weighted by atomic mass is 10.1. The van der Waals surface area contributed by atoms with Crippen molar-refractivity contribution in [1.29, 1.82) is 0 Å². The van der Waals surface area contributed by atoms with Gasteiger partial charge in [0.05, 0.1) is 35.6 Å². The zero-order valence-electron chi connectivity index (χ0n) is 20.4. The lowest BCUT2D eigenvalue weighted by molar-refractivity contribution is 0.0528. The van der Waals surface area contributed by atoms with Crippen molar-refractivity contribution in [1.82, 2.24) is 4.98 Å². The first-order chi connectivity index (χ1) is 16.2. The third kappa shape index (κ3) is 5.30. The van der Waals surface area contributed by atoms with E-state index < -0.39 is 16.0 Å². The maximum Gasteiger partial charge on any atom is 0.340 e. The van der Waals surface area contributed by atoms with Gasteiger partial charge in [-0.25, -0.2) is 13.2 Å². The molecule has 0 aliphatic heterocycles. The maximum absolute atomic E-state index is 13.2. The first-order valence-electron chi connectivity index (χ1n) is 11.5. The molecule has 0 aliphatic carbocycles. The number of aryl methyl sites for hydroxylation is 1. The Hall–Kier alpha value is -3.20. The third-order valence-corrected chi connectivity index (χ3v) is 6.91. The van der Waals surface area contributed by atoms with E-state index in [1.807, 2.05) is 13.0 Å². The van der Waals surface area contributed by atoms with Crippen LogP contribution in [0.5, 0.6) is 5.75 Å². The van der Waals surface area contributed by atoms with Crippen LogP contribution in [0.1, 0.15) is 49.7 Å². The summed E-state index contributed by atoms with van der Waals surface area (Å²) < 4.78 is 39.6. The topological polar surface area (TPSA) is 101 Å². The minimum absolute atomic E-state index is 0.131. The molecule has 2 aromatic carbocycles. The highest BCUT2D eigenvalue weighted by Gasteiger charge is 2.23. The Morgan fingerprint density at radius 1 is 1.06 bits per heavy atom. The number of H-pyrrole nitrogens is 1. The fourth-order valence-electron chi connectivity index (χ4n) is 4.03.